The molecule has 3 aromatic rings. The third kappa shape index (κ3) is 2.38. The van der Waals surface area contributed by atoms with Crippen LogP contribution >= 0.6 is 11.6 Å². The molecule has 0 amide bonds. The average Bonchev–Trinajstić information content (AvgIpc) is 2.46. The van der Waals surface area contributed by atoms with Crippen LogP contribution in [0.1, 0.15) is 24.4 Å². The summed E-state index contributed by atoms with van der Waals surface area (Å²) in [5.74, 6) is 0.479. The molecule has 2 heterocycles. The predicted molar refractivity (Wildman–Crippen MR) is 87.5 cm³/mol. The van der Waals surface area contributed by atoms with Crippen molar-refractivity contribution in [2.75, 3.05) is 0 Å². The van der Waals surface area contributed by atoms with E-state index >= 15 is 0 Å². The molecular weight excluding hydrogens is 300 g/mol. The van der Waals surface area contributed by atoms with Crippen LogP contribution in [0.3, 0.4) is 0 Å². The minimum atomic E-state index is -0.406. The molecule has 6 heteroatoms. The molecule has 2 aromatic heterocycles. The molecular formula is C16H15ClN4O. The van der Waals surface area contributed by atoms with Crippen molar-refractivity contribution in [2.24, 2.45) is 5.73 Å². The number of aryl methyl sites for hydroxylation is 1. The van der Waals surface area contributed by atoms with Gasteiger partial charge in [0.2, 0.25) is 0 Å². The lowest BCUT2D eigenvalue weighted by Crippen LogP contribution is -2.27. The first-order valence-corrected chi connectivity index (χ1v) is 7.25. The maximum Gasteiger partial charge on any atom is 0.267 e. The number of nitrogens with zero attached hydrogens (tertiary/aromatic N) is 3. The van der Waals surface area contributed by atoms with E-state index in [1.54, 1.807) is 37.5 Å². The van der Waals surface area contributed by atoms with Crippen LogP contribution in [0.2, 0.25) is 5.02 Å². The first-order chi connectivity index (χ1) is 10.5. The standard InChI is InChI=1S/C16H15ClN4O/c1-9-6-11(8-19-7-9)21-15(10(2)18)20-13-5-3-4-12(17)14(13)16(21)22/h3-8,10H,18H2,1-2H3. The quantitative estimate of drug-likeness (QED) is 0.789. The second kappa shape index (κ2) is 5.51. The summed E-state index contributed by atoms with van der Waals surface area (Å²) in [4.78, 5) is 21.6. The summed E-state index contributed by atoms with van der Waals surface area (Å²) < 4.78 is 1.48. The Morgan fingerprint density at radius 1 is 1.32 bits per heavy atom. The van der Waals surface area contributed by atoms with Crippen LogP contribution in [0.25, 0.3) is 16.6 Å². The van der Waals surface area contributed by atoms with Gasteiger partial charge in [0.05, 0.1) is 33.9 Å². The minimum absolute atomic E-state index is 0.240. The van der Waals surface area contributed by atoms with E-state index in [0.29, 0.717) is 27.4 Å². The Kier molecular flexibility index (Phi) is 3.68. The van der Waals surface area contributed by atoms with E-state index in [4.69, 9.17) is 17.3 Å². The number of benzene rings is 1. The molecule has 0 saturated heterocycles. The summed E-state index contributed by atoms with van der Waals surface area (Å²) in [5.41, 5.74) is 7.89. The number of fused-ring (bicyclic) bond motifs is 1. The normalized spacial score (nSPS) is 12.5. The molecule has 112 valence electrons. The third-order valence-corrected chi connectivity index (χ3v) is 3.71. The van der Waals surface area contributed by atoms with Gasteiger partial charge in [-0.1, -0.05) is 17.7 Å². The fraction of sp³-hybridized carbons (Fsp3) is 0.188. The van der Waals surface area contributed by atoms with E-state index < -0.39 is 6.04 Å². The zero-order valence-corrected chi connectivity index (χ0v) is 13.0. The summed E-state index contributed by atoms with van der Waals surface area (Å²) in [6, 6.07) is 6.66. The summed E-state index contributed by atoms with van der Waals surface area (Å²) in [6.07, 6.45) is 3.34. The van der Waals surface area contributed by atoms with Gasteiger partial charge in [0.15, 0.2) is 0 Å². The van der Waals surface area contributed by atoms with Crippen LogP contribution in [-0.4, -0.2) is 14.5 Å². The molecule has 1 aromatic carbocycles. The second-order valence-electron chi connectivity index (χ2n) is 5.25. The SMILES string of the molecule is Cc1cncc(-n2c(C(C)N)nc3cccc(Cl)c3c2=O)c1. The van der Waals surface area contributed by atoms with Crippen molar-refractivity contribution < 1.29 is 0 Å². The summed E-state index contributed by atoms with van der Waals surface area (Å²) in [5, 5.41) is 0.760. The smallest absolute Gasteiger partial charge is 0.267 e. The highest BCUT2D eigenvalue weighted by atomic mass is 35.5. The Bertz CT molecular complexity index is 918. The van der Waals surface area contributed by atoms with Gasteiger partial charge in [-0.3, -0.25) is 14.3 Å². The Labute approximate surface area is 132 Å². The van der Waals surface area contributed by atoms with Gasteiger partial charge in [0.25, 0.3) is 5.56 Å². The van der Waals surface area contributed by atoms with E-state index in [9.17, 15) is 4.79 Å². The minimum Gasteiger partial charge on any atom is -0.322 e. The van der Waals surface area contributed by atoms with E-state index in [-0.39, 0.29) is 5.56 Å². The fourth-order valence-corrected chi connectivity index (χ4v) is 2.67. The molecule has 2 N–H and O–H groups in total. The molecule has 3 rings (SSSR count). The molecule has 0 radical (unpaired) electrons. The highest BCUT2D eigenvalue weighted by Gasteiger charge is 2.17. The lowest BCUT2D eigenvalue weighted by Gasteiger charge is -2.16. The monoisotopic (exact) mass is 314 g/mol. The maximum absolute atomic E-state index is 12.9. The van der Waals surface area contributed by atoms with Crippen LogP contribution in [0, 0.1) is 6.92 Å². The lowest BCUT2D eigenvalue weighted by atomic mass is 10.2. The van der Waals surface area contributed by atoms with Gasteiger partial charge in [0.1, 0.15) is 5.82 Å². The molecule has 0 aliphatic heterocycles. The third-order valence-electron chi connectivity index (χ3n) is 3.40. The molecule has 1 atom stereocenters. The number of nitrogens with two attached hydrogens (primary N) is 1. The molecule has 0 fully saturated rings. The zero-order chi connectivity index (χ0) is 15.9. The van der Waals surface area contributed by atoms with Crippen molar-refractivity contribution in [2.45, 2.75) is 19.9 Å². The summed E-state index contributed by atoms with van der Waals surface area (Å²) in [7, 11) is 0. The first kappa shape index (κ1) is 14.7. The maximum atomic E-state index is 12.9. The van der Waals surface area contributed by atoms with E-state index in [2.05, 4.69) is 9.97 Å². The Morgan fingerprint density at radius 3 is 2.77 bits per heavy atom. The van der Waals surface area contributed by atoms with Crippen LogP contribution in [0.4, 0.5) is 0 Å². The zero-order valence-electron chi connectivity index (χ0n) is 12.2. The molecule has 22 heavy (non-hydrogen) atoms. The van der Waals surface area contributed by atoms with E-state index in [0.717, 1.165) is 5.56 Å². The van der Waals surface area contributed by atoms with Crippen LogP contribution < -0.4 is 11.3 Å². The largest absolute Gasteiger partial charge is 0.322 e. The first-order valence-electron chi connectivity index (χ1n) is 6.88. The van der Waals surface area contributed by atoms with Crippen molar-refractivity contribution in [3.63, 3.8) is 0 Å². The Hall–Kier alpha value is -2.24. The highest BCUT2D eigenvalue weighted by Crippen LogP contribution is 2.22. The molecule has 0 spiro atoms. The highest BCUT2D eigenvalue weighted by molar-refractivity contribution is 6.35. The number of rotatable bonds is 2. The number of hydrogen-bond donors (Lipinski definition) is 1. The van der Waals surface area contributed by atoms with E-state index in [1.165, 1.54) is 4.57 Å². The van der Waals surface area contributed by atoms with Gasteiger partial charge in [-0.15, -0.1) is 0 Å². The molecule has 1 unspecified atom stereocenters. The van der Waals surface area contributed by atoms with Crippen molar-refractivity contribution in [1.82, 2.24) is 14.5 Å². The average molecular weight is 315 g/mol. The lowest BCUT2D eigenvalue weighted by molar-refractivity contribution is 0.695. The summed E-state index contributed by atoms with van der Waals surface area (Å²) in [6.45, 7) is 3.70. The van der Waals surface area contributed by atoms with Crippen LogP contribution in [-0.2, 0) is 0 Å². The van der Waals surface area contributed by atoms with Crippen LogP contribution in [0.15, 0.2) is 41.5 Å². The molecule has 0 aliphatic carbocycles. The molecule has 5 nitrogen and oxygen atoms in total. The number of halogens is 1. The predicted octanol–water partition coefficient (Wildman–Crippen LogP) is 2.76. The molecule has 0 saturated carbocycles. The van der Waals surface area contributed by atoms with Gasteiger partial charge >= 0.3 is 0 Å². The molecule has 0 aliphatic rings. The van der Waals surface area contributed by atoms with Crippen molar-refractivity contribution in [3.05, 3.63) is 63.4 Å². The van der Waals surface area contributed by atoms with Gasteiger partial charge in [-0.05, 0) is 37.6 Å². The number of aromatic nitrogens is 3. The van der Waals surface area contributed by atoms with Gasteiger partial charge in [0, 0.05) is 6.20 Å². The number of hydrogen-bond acceptors (Lipinski definition) is 4. The Balaban J connectivity index is 2.46. The van der Waals surface area contributed by atoms with Gasteiger partial charge in [-0.2, -0.15) is 0 Å². The van der Waals surface area contributed by atoms with Crippen molar-refractivity contribution >= 4 is 22.5 Å². The van der Waals surface area contributed by atoms with Gasteiger partial charge in [-0.25, -0.2) is 4.98 Å². The summed E-state index contributed by atoms with van der Waals surface area (Å²) >= 11 is 6.18. The van der Waals surface area contributed by atoms with Crippen molar-refractivity contribution in [3.8, 4) is 5.69 Å². The van der Waals surface area contributed by atoms with Gasteiger partial charge < -0.3 is 5.73 Å². The fourth-order valence-electron chi connectivity index (χ4n) is 2.42. The molecule has 0 bridgehead atoms. The second-order valence-corrected chi connectivity index (χ2v) is 5.66. The topological polar surface area (TPSA) is 73.8 Å². The van der Waals surface area contributed by atoms with Crippen LogP contribution in [0.5, 0.6) is 0 Å². The number of pyridine rings is 1. The van der Waals surface area contributed by atoms with E-state index in [1.807, 2.05) is 13.0 Å². The van der Waals surface area contributed by atoms with Crippen molar-refractivity contribution in [1.29, 1.82) is 0 Å². The Morgan fingerprint density at radius 2 is 2.09 bits per heavy atom.